The molecule has 2 aromatic rings. The lowest BCUT2D eigenvalue weighted by atomic mass is 10.1. The van der Waals surface area contributed by atoms with E-state index in [1.807, 2.05) is 30.3 Å². The van der Waals surface area contributed by atoms with Crippen LogP contribution < -0.4 is 15.5 Å². The lowest BCUT2D eigenvalue weighted by Crippen LogP contribution is -2.22. The van der Waals surface area contributed by atoms with E-state index >= 15 is 0 Å². The summed E-state index contributed by atoms with van der Waals surface area (Å²) in [7, 11) is 1.58. The SMILES string of the molecule is COc1ccc(NC(=O)C/C(C)=N\NC(=O)Cc2ccccc2)cc1. The molecular formula is C19H21N3O3. The Kier molecular flexibility index (Phi) is 6.71. The molecule has 0 aliphatic rings. The molecule has 0 heterocycles. The fourth-order valence-electron chi connectivity index (χ4n) is 2.13. The van der Waals surface area contributed by atoms with E-state index in [-0.39, 0.29) is 24.7 Å². The molecule has 0 spiro atoms. The summed E-state index contributed by atoms with van der Waals surface area (Å²) in [6.45, 7) is 1.69. The minimum Gasteiger partial charge on any atom is -0.497 e. The number of nitrogens with zero attached hydrogens (tertiary/aromatic N) is 1. The number of hydrogen-bond donors (Lipinski definition) is 2. The number of rotatable bonds is 7. The van der Waals surface area contributed by atoms with Crippen LogP contribution in [-0.2, 0) is 16.0 Å². The highest BCUT2D eigenvalue weighted by Crippen LogP contribution is 2.15. The van der Waals surface area contributed by atoms with Gasteiger partial charge in [0.05, 0.1) is 20.0 Å². The lowest BCUT2D eigenvalue weighted by molar-refractivity contribution is -0.120. The predicted molar refractivity (Wildman–Crippen MR) is 97.6 cm³/mol. The average molecular weight is 339 g/mol. The van der Waals surface area contributed by atoms with Crippen molar-refractivity contribution in [1.82, 2.24) is 5.43 Å². The quantitative estimate of drug-likeness (QED) is 0.601. The number of anilines is 1. The Morgan fingerprint density at radius 1 is 1.00 bits per heavy atom. The maximum Gasteiger partial charge on any atom is 0.244 e. The van der Waals surface area contributed by atoms with Crippen molar-refractivity contribution < 1.29 is 14.3 Å². The Morgan fingerprint density at radius 3 is 2.32 bits per heavy atom. The second-order valence-corrected chi connectivity index (χ2v) is 5.50. The Hall–Kier alpha value is -3.15. The lowest BCUT2D eigenvalue weighted by Gasteiger charge is -2.06. The zero-order valence-electron chi connectivity index (χ0n) is 14.3. The van der Waals surface area contributed by atoms with Gasteiger partial charge < -0.3 is 10.1 Å². The molecule has 6 heteroatoms. The summed E-state index contributed by atoms with van der Waals surface area (Å²) in [5.74, 6) is 0.293. The van der Waals surface area contributed by atoms with Crippen LogP contribution in [0.2, 0.25) is 0 Å². The van der Waals surface area contributed by atoms with Crippen molar-refractivity contribution in [1.29, 1.82) is 0 Å². The van der Waals surface area contributed by atoms with Gasteiger partial charge in [0.25, 0.3) is 0 Å². The molecule has 0 aliphatic heterocycles. The molecule has 25 heavy (non-hydrogen) atoms. The monoisotopic (exact) mass is 339 g/mol. The molecule has 0 radical (unpaired) electrons. The second-order valence-electron chi connectivity index (χ2n) is 5.50. The van der Waals surface area contributed by atoms with Crippen LogP contribution in [0.1, 0.15) is 18.9 Å². The number of carbonyl (C=O) groups excluding carboxylic acids is 2. The van der Waals surface area contributed by atoms with Crippen molar-refractivity contribution in [2.75, 3.05) is 12.4 Å². The summed E-state index contributed by atoms with van der Waals surface area (Å²) in [4.78, 5) is 23.8. The number of nitrogens with one attached hydrogen (secondary N) is 2. The Balaban J connectivity index is 1.79. The van der Waals surface area contributed by atoms with E-state index < -0.39 is 0 Å². The number of benzene rings is 2. The Morgan fingerprint density at radius 2 is 1.68 bits per heavy atom. The molecule has 0 atom stereocenters. The first-order valence-corrected chi connectivity index (χ1v) is 7.86. The molecular weight excluding hydrogens is 318 g/mol. The average Bonchev–Trinajstić information content (AvgIpc) is 2.61. The van der Waals surface area contributed by atoms with Gasteiger partial charge in [-0.1, -0.05) is 30.3 Å². The summed E-state index contributed by atoms with van der Waals surface area (Å²) in [6.07, 6.45) is 0.341. The standard InChI is InChI=1S/C19H21N3O3/c1-14(21-22-19(24)13-15-6-4-3-5-7-15)12-18(23)20-16-8-10-17(25-2)11-9-16/h3-11H,12-13H2,1-2H3,(H,20,23)(H,22,24)/b21-14-. The van der Waals surface area contributed by atoms with Crippen LogP contribution in [0.25, 0.3) is 0 Å². The van der Waals surface area contributed by atoms with Gasteiger partial charge in [-0.15, -0.1) is 0 Å². The van der Waals surface area contributed by atoms with E-state index in [0.29, 0.717) is 11.4 Å². The van der Waals surface area contributed by atoms with Gasteiger partial charge in [-0.3, -0.25) is 9.59 Å². The van der Waals surface area contributed by atoms with Crippen molar-refractivity contribution in [3.63, 3.8) is 0 Å². The van der Waals surface area contributed by atoms with E-state index in [1.165, 1.54) is 0 Å². The number of ether oxygens (including phenoxy) is 1. The van der Waals surface area contributed by atoms with Crippen molar-refractivity contribution in [3.8, 4) is 5.75 Å². The fourth-order valence-corrected chi connectivity index (χ4v) is 2.13. The maximum atomic E-state index is 12.0. The predicted octanol–water partition coefficient (Wildman–Crippen LogP) is 2.76. The van der Waals surface area contributed by atoms with Crippen LogP contribution in [0.5, 0.6) is 5.75 Å². The summed E-state index contributed by atoms with van der Waals surface area (Å²) in [6, 6.07) is 16.4. The van der Waals surface area contributed by atoms with Gasteiger partial charge in [0, 0.05) is 11.4 Å². The molecule has 0 bridgehead atoms. The van der Waals surface area contributed by atoms with Crippen LogP contribution in [0.15, 0.2) is 59.7 Å². The van der Waals surface area contributed by atoms with Crippen molar-refractivity contribution in [3.05, 3.63) is 60.2 Å². The molecule has 130 valence electrons. The third-order valence-electron chi connectivity index (χ3n) is 3.37. The minimum atomic E-state index is -0.221. The summed E-state index contributed by atoms with van der Waals surface area (Å²) in [5, 5.41) is 6.73. The molecule has 2 N–H and O–H groups in total. The van der Waals surface area contributed by atoms with Gasteiger partial charge in [-0.2, -0.15) is 5.10 Å². The normalized spacial score (nSPS) is 10.9. The number of methoxy groups -OCH3 is 1. The fraction of sp³-hybridized carbons (Fsp3) is 0.211. The molecule has 0 fully saturated rings. The third-order valence-corrected chi connectivity index (χ3v) is 3.37. The topological polar surface area (TPSA) is 79.8 Å². The van der Waals surface area contributed by atoms with Gasteiger partial charge in [0.15, 0.2) is 0 Å². The highest BCUT2D eigenvalue weighted by Gasteiger charge is 2.06. The van der Waals surface area contributed by atoms with E-state index in [1.54, 1.807) is 38.3 Å². The van der Waals surface area contributed by atoms with E-state index in [2.05, 4.69) is 15.8 Å². The van der Waals surface area contributed by atoms with Gasteiger partial charge in [0.1, 0.15) is 5.75 Å². The van der Waals surface area contributed by atoms with Gasteiger partial charge in [-0.05, 0) is 36.8 Å². The number of hydrogen-bond acceptors (Lipinski definition) is 4. The highest BCUT2D eigenvalue weighted by atomic mass is 16.5. The van der Waals surface area contributed by atoms with Crippen molar-refractivity contribution in [2.24, 2.45) is 5.10 Å². The smallest absolute Gasteiger partial charge is 0.244 e. The molecule has 0 saturated heterocycles. The van der Waals surface area contributed by atoms with Gasteiger partial charge in [-0.25, -0.2) is 5.43 Å². The number of carbonyl (C=O) groups is 2. The van der Waals surface area contributed by atoms with Gasteiger partial charge in [0.2, 0.25) is 11.8 Å². The van der Waals surface area contributed by atoms with Crippen LogP contribution in [-0.4, -0.2) is 24.6 Å². The first kappa shape index (κ1) is 18.2. The van der Waals surface area contributed by atoms with Gasteiger partial charge >= 0.3 is 0 Å². The van der Waals surface area contributed by atoms with E-state index in [4.69, 9.17) is 4.74 Å². The summed E-state index contributed by atoms with van der Waals surface area (Å²) < 4.78 is 5.06. The molecule has 0 aromatic heterocycles. The Labute approximate surface area is 146 Å². The summed E-state index contributed by atoms with van der Waals surface area (Å²) in [5.41, 5.74) is 4.57. The highest BCUT2D eigenvalue weighted by molar-refractivity contribution is 6.05. The Bertz CT molecular complexity index is 740. The van der Waals surface area contributed by atoms with Crippen molar-refractivity contribution >= 4 is 23.2 Å². The van der Waals surface area contributed by atoms with Crippen molar-refractivity contribution in [2.45, 2.75) is 19.8 Å². The second kappa shape index (κ2) is 9.22. The largest absolute Gasteiger partial charge is 0.497 e. The first-order chi connectivity index (χ1) is 12.1. The molecule has 6 nitrogen and oxygen atoms in total. The number of hydrazone groups is 1. The van der Waals surface area contributed by atoms with Crippen LogP contribution in [0.4, 0.5) is 5.69 Å². The maximum absolute atomic E-state index is 12.0. The zero-order valence-corrected chi connectivity index (χ0v) is 14.3. The van der Waals surface area contributed by atoms with E-state index in [0.717, 1.165) is 11.3 Å². The first-order valence-electron chi connectivity index (χ1n) is 7.86. The van der Waals surface area contributed by atoms with Crippen LogP contribution in [0, 0.1) is 0 Å². The number of amides is 2. The molecule has 0 aliphatic carbocycles. The van der Waals surface area contributed by atoms with Crippen LogP contribution in [0.3, 0.4) is 0 Å². The molecule has 0 unspecified atom stereocenters. The minimum absolute atomic E-state index is 0.0949. The molecule has 2 rings (SSSR count). The molecule has 2 aromatic carbocycles. The molecule has 2 amide bonds. The summed E-state index contributed by atoms with van der Waals surface area (Å²) >= 11 is 0. The van der Waals surface area contributed by atoms with Crippen LogP contribution >= 0.6 is 0 Å². The van der Waals surface area contributed by atoms with E-state index in [9.17, 15) is 9.59 Å². The zero-order chi connectivity index (χ0) is 18.1. The third kappa shape index (κ3) is 6.47. The molecule has 0 saturated carbocycles.